The number of hydrogen-bond donors (Lipinski definition) is 0. The zero-order valence-electron chi connectivity index (χ0n) is 11.4. The number of halogens is 1. The molecular weight excluding hydrogens is 302 g/mol. The van der Waals surface area contributed by atoms with Crippen molar-refractivity contribution in [2.45, 2.75) is 51.8 Å². The van der Waals surface area contributed by atoms with Gasteiger partial charge in [0.1, 0.15) is 0 Å². The van der Waals surface area contributed by atoms with E-state index >= 15 is 0 Å². The predicted octanol–water partition coefficient (Wildman–Crippen LogP) is 2.70. The Bertz CT molecular complexity index is 287. The van der Waals surface area contributed by atoms with E-state index in [4.69, 9.17) is 0 Å². The molecular formula is C12H26BrNO2S. The van der Waals surface area contributed by atoms with Gasteiger partial charge in [0.05, 0.1) is 11.0 Å². The summed E-state index contributed by atoms with van der Waals surface area (Å²) in [5.74, 6) is 0.272. The third-order valence-electron chi connectivity index (χ3n) is 3.21. The van der Waals surface area contributed by atoms with Crippen LogP contribution in [0.1, 0.15) is 40.5 Å². The fourth-order valence-electron chi connectivity index (χ4n) is 1.87. The molecule has 0 aliphatic heterocycles. The van der Waals surface area contributed by atoms with Crippen LogP contribution in [0.2, 0.25) is 0 Å². The summed E-state index contributed by atoms with van der Waals surface area (Å²) in [7, 11) is -2.92. The lowest BCUT2D eigenvalue weighted by atomic mass is 10.1. The smallest absolute Gasteiger partial charge is 0.153 e. The summed E-state index contributed by atoms with van der Waals surface area (Å²) >= 11 is 3.43. The standard InChI is InChI=1S/C12H26BrNO2S/c1-5-12(6-2)14(8-7-13)9-10-17(15,16)11(3)4/h11-12H,5-10H2,1-4H3. The van der Waals surface area contributed by atoms with Gasteiger partial charge in [-0.2, -0.15) is 0 Å². The molecule has 17 heavy (non-hydrogen) atoms. The molecule has 0 aromatic rings. The van der Waals surface area contributed by atoms with Gasteiger partial charge in [0.25, 0.3) is 0 Å². The van der Waals surface area contributed by atoms with Crippen LogP contribution >= 0.6 is 15.9 Å². The first kappa shape index (κ1) is 17.4. The van der Waals surface area contributed by atoms with Crippen molar-refractivity contribution in [1.29, 1.82) is 0 Å². The molecule has 0 aliphatic rings. The van der Waals surface area contributed by atoms with Gasteiger partial charge in [-0.15, -0.1) is 0 Å². The maximum atomic E-state index is 11.8. The molecule has 0 rings (SSSR count). The van der Waals surface area contributed by atoms with Gasteiger partial charge in [-0.3, -0.25) is 4.90 Å². The highest BCUT2D eigenvalue weighted by atomic mass is 79.9. The second kappa shape index (κ2) is 8.48. The summed E-state index contributed by atoms with van der Waals surface area (Å²) in [6, 6.07) is 0.495. The summed E-state index contributed by atoms with van der Waals surface area (Å²) < 4.78 is 23.6. The van der Waals surface area contributed by atoms with E-state index in [0.29, 0.717) is 12.6 Å². The molecule has 0 atom stereocenters. The largest absolute Gasteiger partial charge is 0.299 e. The summed E-state index contributed by atoms with van der Waals surface area (Å²) in [6.45, 7) is 9.39. The molecule has 0 aliphatic carbocycles. The van der Waals surface area contributed by atoms with Crippen LogP contribution in [0.3, 0.4) is 0 Å². The first-order valence-electron chi connectivity index (χ1n) is 6.40. The van der Waals surface area contributed by atoms with Gasteiger partial charge in [0.15, 0.2) is 9.84 Å². The highest BCUT2D eigenvalue weighted by molar-refractivity contribution is 9.09. The predicted molar refractivity (Wildman–Crippen MR) is 78.7 cm³/mol. The number of alkyl halides is 1. The van der Waals surface area contributed by atoms with E-state index in [1.807, 2.05) is 0 Å². The van der Waals surface area contributed by atoms with E-state index in [1.54, 1.807) is 13.8 Å². The highest BCUT2D eigenvalue weighted by Crippen LogP contribution is 2.10. The zero-order chi connectivity index (χ0) is 13.5. The van der Waals surface area contributed by atoms with Crippen LogP contribution in [0.5, 0.6) is 0 Å². The first-order chi connectivity index (χ1) is 7.88. The molecule has 0 N–H and O–H groups in total. The minimum atomic E-state index is -2.92. The molecule has 0 aromatic heterocycles. The second-order valence-corrected chi connectivity index (χ2v) is 8.08. The van der Waals surface area contributed by atoms with Crippen LogP contribution in [-0.2, 0) is 9.84 Å². The molecule has 0 amide bonds. The van der Waals surface area contributed by atoms with Crippen molar-refractivity contribution in [3.63, 3.8) is 0 Å². The quantitative estimate of drug-likeness (QED) is 0.611. The van der Waals surface area contributed by atoms with Crippen LogP contribution in [0.4, 0.5) is 0 Å². The molecule has 0 radical (unpaired) electrons. The van der Waals surface area contributed by atoms with Crippen molar-refractivity contribution in [2.75, 3.05) is 24.2 Å². The van der Waals surface area contributed by atoms with Crippen LogP contribution in [0, 0.1) is 0 Å². The lowest BCUT2D eigenvalue weighted by Gasteiger charge is -2.29. The minimum Gasteiger partial charge on any atom is -0.299 e. The van der Waals surface area contributed by atoms with Crippen LogP contribution < -0.4 is 0 Å². The highest BCUT2D eigenvalue weighted by Gasteiger charge is 2.20. The van der Waals surface area contributed by atoms with Crippen LogP contribution in [0.15, 0.2) is 0 Å². The maximum Gasteiger partial charge on any atom is 0.153 e. The van der Waals surface area contributed by atoms with Crippen LogP contribution in [-0.4, -0.2) is 48.8 Å². The molecule has 0 spiro atoms. The molecule has 0 bridgehead atoms. The Morgan fingerprint density at radius 3 is 2.00 bits per heavy atom. The Balaban J connectivity index is 4.46. The van der Waals surface area contributed by atoms with E-state index in [0.717, 1.165) is 24.7 Å². The molecule has 0 fully saturated rings. The Hall–Kier alpha value is 0.390. The lowest BCUT2D eigenvalue weighted by molar-refractivity contribution is 0.209. The van der Waals surface area contributed by atoms with E-state index in [1.165, 1.54) is 0 Å². The molecule has 104 valence electrons. The summed E-state index contributed by atoms with van der Waals surface area (Å²) in [5, 5.41) is 0.626. The average molecular weight is 328 g/mol. The SMILES string of the molecule is CCC(CC)N(CCBr)CCS(=O)(=O)C(C)C. The lowest BCUT2D eigenvalue weighted by Crippen LogP contribution is -2.40. The normalized spacial score (nSPS) is 12.9. The van der Waals surface area contributed by atoms with Gasteiger partial charge in [0, 0.05) is 24.5 Å². The third kappa shape index (κ3) is 6.20. The van der Waals surface area contributed by atoms with E-state index < -0.39 is 9.84 Å². The Labute approximate surface area is 115 Å². The Morgan fingerprint density at radius 1 is 1.12 bits per heavy atom. The fraction of sp³-hybridized carbons (Fsp3) is 1.00. The molecule has 0 saturated carbocycles. The van der Waals surface area contributed by atoms with E-state index in [2.05, 4.69) is 34.7 Å². The van der Waals surface area contributed by atoms with Gasteiger partial charge >= 0.3 is 0 Å². The number of rotatable bonds is 9. The van der Waals surface area contributed by atoms with Gasteiger partial charge in [-0.05, 0) is 26.7 Å². The van der Waals surface area contributed by atoms with Crippen molar-refractivity contribution >= 4 is 25.8 Å². The van der Waals surface area contributed by atoms with E-state index in [9.17, 15) is 8.42 Å². The molecule has 0 heterocycles. The minimum absolute atomic E-state index is 0.268. The van der Waals surface area contributed by atoms with Crippen molar-refractivity contribution in [3.8, 4) is 0 Å². The molecule has 0 saturated heterocycles. The van der Waals surface area contributed by atoms with Crippen molar-refractivity contribution in [1.82, 2.24) is 4.90 Å². The van der Waals surface area contributed by atoms with Crippen molar-refractivity contribution in [3.05, 3.63) is 0 Å². The number of hydrogen-bond acceptors (Lipinski definition) is 3. The van der Waals surface area contributed by atoms with Gasteiger partial charge in [0.2, 0.25) is 0 Å². The second-order valence-electron chi connectivity index (χ2n) is 4.61. The zero-order valence-corrected chi connectivity index (χ0v) is 13.8. The molecule has 3 nitrogen and oxygen atoms in total. The van der Waals surface area contributed by atoms with E-state index in [-0.39, 0.29) is 11.0 Å². The summed E-state index contributed by atoms with van der Waals surface area (Å²) in [6.07, 6.45) is 2.15. The number of nitrogens with zero attached hydrogens (tertiary/aromatic N) is 1. The monoisotopic (exact) mass is 327 g/mol. The average Bonchev–Trinajstić information content (AvgIpc) is 2.27. The summed E-state index contributed by atoms with van der Waals surface area (Å²) in [4.78, 5) is 2.29. The third-order valence-corrected chi connectivity index (χ3v) is 5.75. The number of sulfone groups is 1. The fourth-order valence-corrected chi connectivity index (χ4v) is 3.29. The Kier molecular flexibility index (Phi) is 8.68. The first-order valence-corrected chi connectivity index (χ1v) is 9.24. The van der Waals surface area contributed by atoms with Gasteiger partial charge in [-0.1, -0.05) is 29.8 Å². The van der Waals surface area contributed by atoms with Crippen LogP contribution in [0.25, 0.3) is 0 Å². The maximum absolute atomic E-state index is 11.8. The molecule has 0 aromatic carbocycles. The topological polar surface area (TPSA) is 37.4 Å². The van der Waals surface area contributed by atoms with Crippen molar-refractivity contribution < 1.29 is 8.42 Å². The van der Waals surface area contributed by atoms with Crippen molar-refractivity contribution in [2.24, 2.45) is 0 Å². The van der Waals surface area contributed by atoms with Gasteiger partial charge < -0.3 is 0 Å². The molecule has 0 unspecified atom stereocenters. The molecule has 5 heteroatoms. The summed E-state index contributed by atoms with van der Waals surface area (Å²) in [5.41, 5.74) is 0. The Morgan fingerprint density at radius 2 is 1.65 bits per heavy atom. The van der Waals surface area contributed by atoms with Gasteiger partial charge in [-0.25, -0.2) is 8.42 Å².